The normalized spacial score (nSPS) is 35.0. The summed E-state index contributed by atoms with van der Waals surface area (Å²) in [7, 11) is 9.74. The van der Waals surface area contributed by atoms with Gasteiger partial charge in [-0.15, -0.1) is 0 Å². The number of nitrogens with zero attached hydrogens (tertiary/aromatic N) is 3. The summed E-state index contributed by atoms with van der Waals surface area (Å²) in [6, 6.07) is 9.30. The third-order valence-electron chi connectivity index (χ3n) is 16.1. The maximum absolute atomic E-state index is 15.6. The Morgan fingerprint density at radius 1 is 0.954 bits per heavy atom. The SMILES string of the molecule is CC[C@]1(O)C[C@H]2CN(CCc3c([nH]c4ccc(SSC(C)(C)C)cc34)[C@@](C(=O)OC)(c3cc4c(cc3OC)N(C)C3[C@]45CCN4CC=C[C@@](CC)([C@@H](OC(C)=O)[C@]3(O)C(=O)OC)[C@H]45)C2)C1. The highest BCUT2D eigenvalue weighted by Crippen LogP contribution is 2.68. The Bertz CT molecular complexity index is 2450. The molecule has 0 amide bonds. The number of fused-ring (bicyclic) bond motifs is 6. The summed E-state index contributed by atoms with van der Waals surface area (Å²) in [6.45, 7) is 15.2. The standard InChI is InChI=1S/C50H66N4O9S2/c1-11-46(58)25-30-26-49(43(56)61-9,39-32(16-20-53(27-30)28-46)33-22-31(14-15-36(33)51-39)64-65-45(4,5)6)35-23-34-37(24-38(35)60-8)52(7)41-48(34)18-21-54-19-13-17-47(12-2,40(48)54)42(63-29(3)55)50(41,59)44(57)62-10/h13-15,17,22-24,30,40-42,51,58-59H,11-12,16,18-21,25-28H2,1-10H3/t30-,40+,41?,42-,46+,47-,48-,49+,50+/m1/s1. The molecule has 352 valence electrons. The summed E-state index contributed by atoms with van der Waals surface area (Å²) >= 11 is 0. The van der Waals surface area contributed by atoms with Crippen LogP contribution in [0.5, 0.6) is 5.75 Å². The molecule has 13 nitrogen and oxygen atoms in total. The van der Waals surface area contributed by atoms with E-state index in [2.05, 4.69) is 72.0 Å². The molecular formula is C50H66N4O9S2. The van der Waals surface area contributed by atoms with E-state index < -0.39 is 57.5 Å². The summed E-state index contributed by atoms with van der Waals surface area (Å²) in [6.07, 6.45) is 5.89. The predicted octanol–water partition coefficient (Wildman–Crippen LogP) is 6.53. The van der Waals surface area contributed by atoms with Crippen LogP contribution in [0, 0.1) is 11.3 Å². The van der Waals surface area contributed by atoms with Gasteiger partial charge in [0.1, 0.15) is 11.2 Å². The summed E-state index contributed by atoms with van der Waals surface area (Å²) in [4.78, 5) is 54.9. The van der Waals surface area contributed by atoms with E-state index in [1.807, 2.05) is 42.7 Å². The molecule has 3 aromatic rings. The summed E-state index contributed by atoms with van der Waals surface area (Å²) in [5.41, 5.74) is -1.72. The fourth-order valence-electron chi connectivity index (χ4n) is 13.8. The lowest BCUT2D eigenvalue weighted by Gasteiger charge is -2.63. The quantitative estimate of drug-likeness (QED) is 0.0923. The molecule has 2 aromatic carbocycles. The van der Waals surface area contributed by atoms with Crippen LogP contribution in [-0.4, -0.2) is 138 Å². The number of rotatable bonds is 9. The highest BCUT2D eigenvalue weighted by atomic mass is 33.1. The van der Waals surface area contributed by atoms with Crippen LogP contribution in [0.2, 0.25) is 0 Å². The molecule has 1 spiro atoms. The molecule has 0 radical (unpaired) electrons. The average Bonchev–Trinajstić information content (AvgIpc) is 3.94. The van der Waals surface area contributed by atoms with Gasteiger partial charge in [0.25, 0.3) is 0 Å². The van der Waals surface area contributed by atoms with Crippen molar-refractivity contribution in [2.45, 2.75) is 130 Å². The van der Waals surface area contributed by atoms with Crippen molar-refractivity contribution in [3.05, 3.63) is 64.9 Å². The first-order valence-corrected chi connectivity index (χ1v) is 25.3. The van der Waals surface area contributed by atoms with Gasteiger partial charge in [0, 0.05) is 101 Å². The number of carbonyl (C=O) groups excluding carboxylic acids is 3. The van der Waals surface area contributed by atoms with Crippen LogP contribution in [0.4, 0.5) is 5.69 Å². The molecule has 1 aromatic heterocycles. The molecule has 3 N–H and O–H groups in total. The first-order chi connectivity index (χ1) is 30.8. The number of benzene rings is 2. The van der Waals surface area contributed by atoms with E-state index in [4.69, 9.17) is 18.9 Å². The fourth-order valence-corrected chi connectivity index (χ4v) is 15.7. The van der Waals surface area contributed by atoms with Gasteiger partial charge in [-0.25, -0.2) is 4.79 Å². The minimum Gasteiger partial charge on any atom is -0.496 e. The van der Waals surface area contributed by atoms with Gasteiger partial charge in [0.2, 0.25) is 5.60 Å². The molecule has 6 aliphatic rings. The Balaban J connectivity index is 1.35. The van der Waals surface area contributed by atoms with Gasteiger partial charge >= 0.3 is 17.9 Å². The highest BCUT2D eigenvalue weighted by molar-refractivity contribution is 8.77. The van der Waals surface area contributed by atoms with E-state index in [-0.39, 0.29) is 16.7 Å². The maximum Gasteiger partial charge on any atom is 0.344 e. The Morgan fingerprint density at radius 2 is 1.71 bits per heavy atom. The molecule has 2 bridgehead atoms. The predicted molar refractivity (Wildman–Crippen MR) is 254 cm³/mol. The van der Waals surface area contributed by atoms with Crippen molar-refractivity contribution in [1.29, 1.82) is 0 Å². The molecule has 9 rings (SSSR count). The van der Waals surface area contributed by atoms with Gasteiger partial charge in [-0.2, -0.15) is 0 Å². The van der Waals surface area contributed by atoms with Crippen molar-refractivity contribution >= 4 is 56.1 Å². The van der Waals surface area contributed by atoms with Gasteiger partial charge < -0.3 is 39.0 Å². The van der Waals surface area contributed by atoms with Crippen LogP contribution < -0.4 is 9.64 Å². The van der Waals surface area contributed by atoms with Gasteiger partial charge in [-0.05, 0) is 86.4 Å². The number of piperidine rings is 1. The van der Waals surface area contributed by atoms with E-state index in [1.165, 1.54) is 21.1 Å². The molecule has 6 heterocycles. The zero-order chi connectivity index (χ0) is 46.6. The highest BCUT2D eigenvalue weighted by Gasteiger charge is 2.80. The van der Waals surface area contributed by atoms with Crippen molar-refractivity contribution in [2.24, 2.45) is 11.3 Å². The van der Waals surface area contributed by atoms with E-state index >= 15 is 4.79 Å². The summed E-state index contributed by atoms with van der Waals surface area (Å²) < 4.78 is 24.2. The molecule has 5 aliphatic heterocycles. The van der Waals surface area contributed by atoms with Crippen molar-refractivity contribution in [2.75, 3.05) is 66.0 Å². The van der Waals surface area contributed by atoms with Crippen molar-refractivity contribution in [3.8, 4) is 5.75 Å². The number of esters is 3. The number of methoxy groups -OCH3 is 3. The monoisotopic (exact) mass is 930 g/mol. The average molecular weight is 931 g/mol. The lowest BCUT2D eigenvalue weighted by molar-refractivity contribution is -0.228. The van der Waals surface area contributed by atoms with Gasteiger partial charge in [-0.3, -0.25) is 19.4 Å². The Morgan fingerprint density at radius 3 is 2.37 bits per heavy atom. The fraction of sp³-hybridized carbons (Fsp3) is 0.620. The second kappa shape index (κ2) is 16.2. The smallest absolute Gasteiger partial charge is 0.344 e. The maximum atomic E-state index is 15.6. The number of ether oxygens (including phenoxy) is 4. The second-order valence-electron chi connectivity index (χ2n) is 20.6. The Labute approximate surface area is 390 Å². The number of hydrogen-bond donors (Lipinski definition) is 3. The van der Waals surface area contributed by atoms with E-state index in [9.17, 15) is 19.8 Å². The van der Waals surface area contributed by atoms with Crippen molar-refractivity contribution < 1.29 is 43.5 Å². The van der Waals surface area contributed by atoms with E-state index in [0.717, 1.165) is 38.3 Å². The number of aromatic amines is 1. The van der Waals surface area contributed by atoms with Crippen LogP contribution in [0.1, 0.15) is 96.0 Å². The zero-order valence-electron chi connectivity index (χ0n) is 39.5. The third-order valence-corrected chi connectivity index (χ3v) is 19.4. The molecule has 15 heteroatoms. The van der Waals surface area contributed by atoms with Crippen LogP contribution in [-0.2, 0) is 45.8 Å². The molecule has 3 fully saturated rings. The van der Waals surface area contributed by atoms with Crippen molar-refractivity contribution in [3.63, 3.8) is 0 Å². The Kier molecular flexibility index (Phi) is 11.6. The molecule has 2 saturated heterocycles. The van der Waals surface area contributed by atoms with E-state index in [1.54, 1.807) is 17.9 Å². The minimum atomic E-state index is -2.31. The third kappa shape index (κ3) is 6.74. The van der Waals surface area contributed by atoms with Crippen LogP contribution in [0.15, 0.2) is 47.4 Å². The number of anilines is 1. The minimum absolute atomic E-state index is 0.0371. The second-order valence-corrected chi connectivity index (χ2v) is 23.7. The summed E-state index contributed by atoms with van der Waals surface area (Å²) in [5, 5.41) is 26.6. The van der Waals surface area contributed by atoms with Gasteiger partial charge in [0.05, 0.1) is 33.0 Å². The lowest BCUT2D eigenvalue weighted by Crippen LogP contribution is -2.81. The Hall–Kier alpha value is -3.73. The van der Waals surface area contributed by atoms with Crippen LogP contribution in [0.3, 0.4) is 0 Å². The van der Waals surface area contributed by atoms with Gasteiger partial charge in [0.15, 0.2) is 6.10 Å². The van der Waals surface area contributed by atoms with Crippen molar-refractivity contribution in [1.82, 2.24) is 14.8 Å². The summed E-state index contributed by atoms with van der Waals surface area (Å²) in [5.74, 6) is -1.59. The molecule has 2 unspecified atom stereocenters. The molecule has 65 heavy (non-hydrogen) atoms. The first kappa shape index (κ1) is 46.4. The number of likely N-dealkylation sites (N-methyl/N-ethyl adjacent to an activating group) is 1. The number of carbonyl (C=O) groups is 3. The molecule has 10 atom stereocenters. The number of aliphatic hydroxyl groups is 2. The van der Waals surface area contributed by atoms with E-state index in [0.29, 0.717) is 82.6 Å². The number of nitrogens with one attached hydrogen (secondary N) is 1. The molecule has 1 aliphatic carbocycles. The number of aromatic nitrogens is 1. The topological polar surface area (TPSA) is 154 Å². The van der Waals surface area contributed by atoms with Crippen LogP contribution >= 0.6 is 21.6 Å². The molecular weight excluding hydrogens is 865 g/mol. The van der Waals surface area contributed by atoms with Gasteiger partial charge in [-0.1, -0.05) is 68.4 Å². The first-order valence-electron chi connectivity index (χ1n) is 23.2. The van der Waals surface area contributed by atoms with Crippen LogP contribution in [0.25, 0.3) is 10.9 Å². The zero-order valence-corrected chi connectivity index (χ0v) is 41.2. The largest absolute Gasteiger partial charge is 0.496 e. The number of hydrogen-bond acceptors (Lipinski definition) is 14. The number of H-pyrrole nitrogens is 1. The lowest BCUT2D eigenvalue weighted by atomic mass is 9.47. The molecule has 1 saturated carbocycles.